The average Bonchev–Trinajstić information content (AvgIpc) is 3.05. The van der Waals surface area contributed by atoms with Crippen LogP contribution in [0.4, 0.5) is 0 Å². The Balaban J connectivity index is 1.80. The molecule has 0 amide bonds. The van der Waals surface area contributed by atoms with Crippen molar-refractivity contribution >= 4 is 5.97 Å². The highest BCUT2D eigenvalue weighted by Gasteiger charge is 2.54. The maximum Gasteiger partial charge on any atom is 0.312 e. The number of aliphatic hydroxyl groups excluding tert-OH is 6. The quantitative estimate of drug-likeness (QED) is 0.231. The first-order valence-corrected chi connectivity index (χ1v) is 8.61. The van der Waals surface area contributed by atoms with Crippen molar-refractivity contribution in [3.05, 3.63) is 12.2 Å². The number of hydrogen-bond acceptors (Lipinski definition) is 10. The summed E-state index contributed by atoms with van der Waals surface area (Å²) in [6, 6.07) is 0. The van der Waals surface area contributed by atoms with Crippen molar-refractivity contribution < 1.29 is 54.8 Å². The van der Waals surface area contributed by atoms with Gasteiger partial charge in [0.1, 0.15) is 30.3 Å². The fraction of sp³-hybridized carbons (Fsp3) is 0.812. The molecule has 7 N–H and O–H groups in total. The molecule has 27 heavy (non-hydrogen) atoms. The molecule has 0 aromatic heterocycles. The summed E-state index contributed by atoms with van der Waals surface area (Å²) in [5.41, 5.74) is 0. The molecule has 0 aromatic rings. The molecule has 2 saturated heterocycles. The minimum Gasteiger partial charge on any atom is -0.481 e. The Morgan fingerprint density at radius 2 is 1.63 bits per heavy atom. The second-order valence-corrected chi connectivity index (χ2v) is 6.98. The molecule has 1 aliphatic carbocycles. The average molecular weight is 392 g/mol. The lowest BCUT2D eigenvalue weighted by Gasteiger charge is -2.46. The molecule has 0 spiro atoms. The smallest absolute Gasteiger partial charge is 0.312 e. The number of aliphatic hydroxyl groups is 6. The van der Waals surface area contributed by atoms with Crippen LogP contribution in [0, 0.1) is 23.7 Å². The lowest BCUT2D eigenvalue weighted by Crippen LogP contribution is -2.61. The predicted octanol–water partition coefficient (Wildman–Crippen LogP) is -3.41. The minimum absolute atomic E-state index is 0.321. The second-order valence-electron chi connectivity index (χ2n) is 6.98. The van der Waals surface area contributed by atoms with Crippen LogP contribution in [0.3, 0.4) is 0 Å². The van der Waals surface area contributed by atoms with Crippen molar-refractivity contribution in [2.24, 2.45) is 23.7 Å². The molecule has 11 nitrogen and oxygen atoms in total. The molecule has 0 radical (unpaired) electrons. The number of aliphatic carboxylic acids is 1. The molecule has 0 unspecified atom stereocenters. The van der Waals surface area contributed by atoms with Crippen molar-refractivity contribution in [3.63, 3.8) is 0 Å². The highest BCUT2D eigenvalue weighted by molar-refractivity contribution is 5.71. The molecule has 0 saturated carbocycles. The molecule has 3 rings (SSSR count). The molecular formula is C16H24O11. The topological polar surface area (TPSA) is 186 Å². The third kappa shape index (κ3) is 3.62. The van der Waals surface area contributed by atoms with Gasteiger partial charge in [0.05, 0.1) is 6.61 Å². The molecular weight excluding hydrogens is 368 g/mol. The summed E-state index contributed by atoms with van der Waals surface area (Å²) in [5.74, 6) is -4.44. The van der Waals surface area contributed by atoms with Crippen LogP contribution in [-0.2, 0) is 19.0 Å². The van der Waals surface area contributed by atoms with E-state index in [2.05, 4.69) is 0 Å². The van der Waals surface area contributed by atoms with Gasteiger partial charge in [0.25, 0.3) is 0 Å². The Morgan fingerprint density at radius 3 is 2.22 bits per heavy atom. The van der Waals surface area contributed by atoms with Gasteiger partial charge in [-0.05, 0) is 0 Å². The number of carboxylic acids is 1. The molecule has 3 aliphatic rings. The van der Waals surface area contributed by atoms with E-state index in [4.69, 9.17) is 14.2 Å². The van der Waals surface area contributed by atoms with E-state index in [-0.39, 0.29) is 6.61 Å². The first kappa shape index (κ1) is 20.6. The minimum atomic E-state index is -1.71. The number of hydrogen-bond donors (Lipinski definition) is 7. The third-order valence-corrected chi connectivity index (χ3v) is 5.44. The van der Waals surface area contributed by atoms with Gasteiger partial charge < -0.3 is 50.0 Å². The van der Waals surface area contributed by atoms with Crippen LogP contribution >= 0.6 is 0 Å². The predicted molar refractivity (Wildman–Crippen MR) is 83.6 cm³/mol. The monoisotopic (exact) mass is 392 g/mol. The van der Waals surface area contributed by atoms with Crippen LogP contribution in [0.1, 0.15) is 0 Å². The fourth-order valence-electron chi connectivity index (χ4n) is 3.96. The standard InChI is InChI=1S/C16H24O11/c17-3-5-1-2-6-8(5)15(26-14(24)9(6)13(22)23)27-16-12(21)11(20)10(19)7(4-18)25-16/h1-2,5-12,14-21,24H,3-4H2,(H,22,23)/t5-,6+,7-,8-,9-,10-,11+,12-,14+,15+,16+/m1/s1. The van der Waals surface area contributed by atoms with E-state index in [9.17, 15) is 40.5 Å². The summed E-state index contributed by atoms with van der Waals surface area (Å²) in [7, 11) is 0. The van der Waals surface area contributed by atoms with Crippen molar-refractivity contribution in [1.82, 2.24) is 0 Å². The summed E-state index contributed by atoms with van der Waals surface area (Å²) < 4.78 is 16.1. The number of allylic oxidation sites excluding steroid dienone is 1. The molecule has 2 heterocycles. The van der Waals surface area contributed by atoms with Gasteiger partial charge in [0.2, 0.25) is 0 Å². The van der Waals surface area contributed by atoms with E-state index in [0.717, 1.165) is 0 Å². The van der Waals surface area contributed by atoms with Crippen molar-refractivity contribution in [3.8, 4) is 0 Å². The van der Waals surface area contributed by atoms with Gasteiger partial charge in [-0.3, -0.25) is 4.79 Å². The summed E-state index contributed by atoms with van der Waals surface area (Å²) in [6.45, 7) is -0.967. The molecule has 154 valence electrons. The van der Waals surface area contributed by atoms with Crippen molar-refractivity contribution in [2.45, 2.75) is 43.3 Å². The van der Waals surface area contributed by atoms with E-state index in [1.807, 2.05) is 0 Å². The van der Waals surface area contributed by atoms with E-state index in [0.29, 0.717) is 0 Å². The van der Waals surface area contributed by atoms with Gasteiger partial charge in [-0.15, -0.1) is 0 Å². The van der Waals surface area contributed by atoms with Crippen molar-refractivity contribution in [1.29, 1.82) is 0 Å². The summed E-state index contributed by atoms with van der Waals surface area (Å²) in [6.07, 6.45) is -7.41. The van der Waals surface area contributed by atoms with Gasteiger partial charge in [0.15, 0.2) is 18.9 Å². The van der Waals surface area contributed by atoms with E-state index >= 15 is 0 Å². The summed E-state index contributed by atoms with van der Waals surface area (Å²) >= 11 is 0. The molecule has 0 bridgehead atoms. The van der Waals surface area contributed by atoms with Crippen LogP contribution in [0.5, 0.6) is 0 Å². The maximum absolute atomic E-state index is 11.5. The first-order chi connectivity index (χ1) is 12.8. The molecule has 2 fully saturated rings. The molecule has 11 atom stereocenters. The number of ether oxygens (including phenoxy) is 3. The second kappa shape index (κ2) is 8.07. The lowest BCUT2D eigenvalue weighted by molar-refractivity contribution is -0.378. The van der Waals surface area contributed by atoms with Gasteiger partial charge in [-0.1, -0.05) is 12.2 Å². The van der Waals surface area contributed by atoms with Crippen LogP contribution < -0.4 is 0 Å². The Bertz CT molecular complexity index is 567. The van der Waals surface area contributed by atoms with Gasteiger partial charge in [-0.2, -0.15) is 0 Å². The Labute approximate surface area is 154 Å². The summed E-state index contributed by atoms with van der Waals surface area (Å²) in [5, 5.41) is 68.1. The Morgan fingerprint density at radius 1 is 0.926 bits per heavy atom. The van der Waals surface area contributed by atoms with E-state index in [1.54, 1.807) is 12.2 Å². The number of carboxylic acid groups (broad SMARTS) is 1. The van der Waals surface area contributed by atoms with Crippen molar-refractivity contribution in [2.75, 3.05) is 13.2 Å². The number of rotatable bonds is 5. The first-order valence-electron chi connectivity index (χ1n) is 8.61. The third-order valence-electron chi connectivity index (χ3n) is 5.44. The Kier molecular flexibility index (Phi) is 6.15. The van der Waals surface area contributed by atoms with Gasteiger partial charge in [0, 0.05) is 24.4 Å². The van der Waals surface area contributed by atoms with Gasteiger partial charge >= 0.3 is 5.97 Å². The van der Waals surface area contributed by atoms with Crippen LogP contribution in [-0.4, -0.2) is 98.2 Å². The zero-order valence-corrected chi connectivity index (χ0v) is 14.2. The zero-order chi connectivity index (χ0) is 19.9. The lowest BCUT2D eigenvalue weighted by atomic mass is 9.77. The van der Waals surface area contributed by atoms with Crippen LogP contribution in [0.15, 0.2) is 12.2 Å². The van der Waals surface area contributed by atoms with Crippen LogP contribution in [0.2, 0.25) is 0 Å². The fourth-order valence-corrected chi connectivity index (χ4v) is 3.96. The maximum atomic E-state index is 11.5. The summed E-state index contributed by atoms with van der Waals surface area (Å²) in [4.78, 5) is 11.5. The molecule has 2 aliphatic heterocycles. The number of carbonyl (C=O) groups is 1. The van der Waals surface area contributed by atoms with E-state index in [1.165, 1.54) is 0 Å². The van der Waals surface area contributed by atoms with Crippen LogP contribution in [0.25, 0.3) is 0 Å². The van der Waals surface area contributed by atoms with E-state index < -0.39 is 79.5 Å². The van der Waals surface area contributed by atoms with Gasteiger partial charge in [-0.25, -0.2) is 0 Å². The Hall–Kier alpha value is -1.15. The zero-order valence-electron chi connectivity index (χ0n) is 14.2. The molecule has 11 heteroatoms. The highest BCUT2D eigenvalue weighted by Crippen LogP contribution is 2.45. The number of fused-ring (bicyclic) bond motifs is 1. The SMILES string of the molecule is O=C(O)[C@H]1[C@H]2C=C[C@H](CO)[C@H]2[C@H](O[C@@H]2O[C@H](CO)[C@@H](O)[C@H](O)[C@H]2O)O[C@@H]1O. The normalized spacial score (nSPS) is 49.8. The molecule has 0 aromatic carbocycles. The largest absolute Gasteiger partial charge is 0.481 e. The highest BCUT2D eigenvalue weighted by atomic mass is 16.8.